The molecular weight excluding hydrogens is 244 g/mol. The summed E-state index contributed by atoms with van der Waals surface area (Å²) in [5.74, 6) is -1.74. The molecule has 0 heterocycles. The van der Waals surface area contributed by atoms with Crippen molar-refractivity contribution in [2.24, 2.45) is 0 Å². The van der Waals surface area contributed by atoms with Gasteiger partial charge in [-0.25, -0.2) is 8.78 Å². The van der Waals surface area contributed by atoms with Crippen molar-refractivity contribution in [3.05, 3.63) is 58.6 Å². The second-order valence-corrected chi connectivity index (χ2v) is 4.07. The van der Waals surface area contributed by atoms with E-state index in [-0.39, 0.29) is 0 Å². The van der Waals surface area contributed by atoms with Gasteiger partial charge >= 0.3 is 0 Å². The maximum absolute atomic E-state index is 13.0. The van der Waals surface area contributed by atoms with E-state index >= 15 is 0 Å². The Hall–Kier alpha value is -1.61. The highest BCUT2D eigenvalue weighted by atomic mass is 35.5. The number of rotatable bonds is 2. The molecule has 2 aromatic carbocycles. The molecule has 0 saturated carbocycles. The van der Waals surface area contributed by atoms with Crippen LogP contribution in [0.3, 0.4) is 0 Å². The molecule has 0 aliphatic rings. The highest BCUT2D eigenvalue weighted by molar-refractivity contribution is 6.31. The van der Waals surface area contributed by atoms with Crippen molar-refractivity contribution in [3.63, 3.8) is 0 Å². The molecule has 0 aromatic heterocycles. The molecule has 17 heavy (non-hydrogen) atoms. The van der Waals surface area contributed by atoms with E-state index in [0.29, 0.717) is 10.7 Å². The Labute approximate surface area is 103 Å². The summed E-state index contributed by atoms with van der Waals surface area (Å²) in [6.07, 6.45) is 0. The normalized spacial score (nSPS) is 10.4. The molecule has 0 unspecified atom stereocenters. The smallest absolute Gasteiger partial charge is 0.160 e. The van der Waals surface area contributed by atoms with Gasteiger partial charge in [0.25, 0.3) is 0 Å². The van der Waals surface area contributed by atoms with Crippen LogP contribution in [0.5, 0.6) is 0 Å². The second kappa shape index (κ2) is 4.72. The van der Waals surface area contributed by atoms with E-state index in [9.17, 15) is 8.78 Å². The summed E-state index contributed by atoms with van der Waals surface area (Å²) in [4.78, 5) is 0. The quantitative estimate of drug-likeness (QED) is 0.820. The number of hydrogen-bond donors (Lipinski definition) is 1. The highest BCUT2D eigenvalue weighted by Crippen LogP contribution is 2.26. The van der Waals surface area contributed by atoms with Gasteiger partial charge in [0.15, 0.2) is 11.6 Å². The lowest BCUT2D eigenvalue weighted by Crippen LogP contribution is -1.95. The predicted molar refractivity (Wildman–Crippen MR) is 65.8 cm³/mol. The van der Waals surface area contributed by atoms with Gasteiger partial charge < -0.3 is 5.32 Å². The molecule has 1 nitrogen and oxygen atoms in total. The number of anilines is 2. The SMILES string of the molecule is Cc1c(Cl)cccc1Nc1ccc(F)c(F)c1. The molecule has 0 fully saturated rings. The van der Waals surface area contributed by atoms with Gasteiger partial charge in [-0.3, -0.25) is 0 Å². The first-order valence-corrected chi connectivity index (χ1v) is 5.43. The minimum atomic E-state index is -0.880. The molecule has 0 spiro atoms. The molecule has 0 aliphatic heterocycles. The summed E-state index contributed by atoms with van der Waals surface area (Å²) in [5, 5.41) is 3.61. The third-order valence-electron chi connectivity index (χ3n) is 2.47. The van der Waals surface area contributed by atoms with Gasteiger partial charge in [-0.1, -0.05) is 17.7 Å². The molecular formula is C13H10ClF2N. The van der Waals surface area contributed by atoms with Crippen molar-refractivity contribution in [1.29, 1.82) is 0 Å². The first-order valence-electron chi connectivity index (χ1n) is 5.05. The van der Waals surface area contributed by atoms with Crippen LogP contribution in [-0.2, 0) is 0 Å². The fraction of sp³-hybridized carbons (Fsp3) is 0.0769. The fourth-order valence-electron chi connectivity index (χ4n) is 1.47. The van der Waals surface area contributed by atoms with Crippen molar-refractivity contribution in [1.82, 2.24) is 0 Å². The molecule has 0 saturated heterocycles. The topological polar surface area (TPSA) is 12.0 Å². The Morgan fingerprint density at radius 3 is 2.53 bits per heavy atom. The zero-order valence-corrected chi connectivity index (χ0v) is 9.85. The van der Waals surface area contributed by atoms with E-state index in [1.807, 2.05) is 13.0 Å². The van der Waals surface area contributed by atoms with Gasteiger partial charge in [-0.05, 0) is 36.8 Å². The summed E-state index contributed by atoms with van der Waals surface area (Å²) in [6, 6.07) is 9.04. The molecule has 88 valence electrons. The molecule has 2 rings (SSSR count). The van der Waals surface area contributed by atoms with Crippen LogP contribution in [0.2, 0.25) is 5.02 Å². The highest BCUT2D eigenvalue weighted by Gasteiger charge is 2.05. The minimum Gasteiger partial charge on any atom is -0.355 e. The molecule has 4 heteroatoms. The second-order valence-electron chi connectivity index (χ2n) is 3.67. The van der Waals surface area contributed by atoms with E-state index in [2.05, 4.69) is 5.32 Å². The van der Waals surface area contributed by atoms with E-state index in [1.54, 1.807) is 12.1 Å². The average molecular weight is 254 g/mol. The van der Waals surface area contributed by atoms with Gasteiger partial charge in [-0.2, -0.15) is 0 Å². The lowest BCUT2D eigenvalue weighted by atomic mass is 10.2. The molecule has 0 amide bonds. The van der Waals surface area contributed by atoms with E-state index in [1.165, 1.54) is 6.07 Å². The predicted octanol–water partition coefficient (Wildman–Crippen LogP) is 4.67. The molecule has 0 atom stereocenters. The van der Waals surface area contributed by atoms with Crippen molar-refractivity contribution >= 4 is 23.0 Å². The first-order chi connectivity index (χ1) is 8.08. The van der Waals surface area contributed by atoms with Gasteiger partial charge in [0.2, 0.25) is 0 Å². The summed E-state index contributed by atoms with van der Waals surface area (Å²) < 4.78 is 25.8. The minimum absolute atomic E-state index is 0.481. The maximum Gasteiger partial charge on any atom is 0.160 e. The Bertz CT molecular complexity index is 555. The molecule has 1 N–H and O–H groups in total. The molecule has 0 aliphatic carbocycles. The van der Waals surface area contributed by atoms with Gasteiger partial charge in [-0.15, -0.1) is 0 Å². The van der Waals surface area contributed by atoms with E-state index < -0.39 is 11.6 Å². The van der Waals surface area contributed by atoms with Crippen molar-refractivity contribution in [2.75, 3.05) is 5.32 Å². The van der Waals surface area contributed by atoms with Crippen molar-refractivity contribution in [3.8, 4) is 0 Å². The third-order valence-corrected chi connectivity index (χ3v) is 2.88. The van der Waals surface area contributed by atoms with Crippen LogP contribution in [0, 0.1) is 18.6 Å². The molecule has 2 aromatic rings. The van der Waals surface area contributed by atoms with Crippen LogP contribution >= 0.6 is 11.6 Å². The third kappa shape index (κ3) is 2.56. The average Bonchev–Trinajstić information content (AvgIpc) is 2.30. The first kappa shape index (κ1) is 11.9. The zero-order valence-electron chi connectivity index (χ0n) is 9.10. The van der Waals surface area contributed by atoms with Crippen LogP contribution in [0.25, 0.3) is 0 Å². The monoisotopic (exact) mass is 253 g/mol. The van der Waals surface area contributed by atoms with E-state index in [4.69, 9.17) is 11.6 Å². The number of nitrogens with one attached hydrogen (secondary N) is 1. The van der Waals surface area contributed by atoms with Crippen molar-refractivity contribution in [2.45, 2.75) is 6.92 Å². The standard InChI is InChI=1S/C13H10ClF2N/c1-8-10(14)3-2-4-13(8)17-9-5-6-11(15)12(16)7-9/h2-7,17H,1H3. The Balaban J connectivity index is 2.31. The summed E-state index contributed by atoms with van der Waals surface area (Å²) in [6.45, 7) is 1.85. The zero-order chi connectivity index (χ0) is 12.4. The molecule has 0 bridgehead atoms. The molecule has 0 radical (unpaired) electrons. The Morgan fingerprint density at radius 2 is 1.82 bits per heavy atom. The van der Waals surface area contributed by atoms with Gasteiger partial charge in [0, 0.05) is 22.5 Å². The van der Waals surface area contributed by atoms with Crippen LogP contribution in [0.15, 0.2) is 36.4 Å². The fourth-order valence-corrected chi connectivity index (χ4v) is 1.65. The number of halogens is 3. The number of hydrogen-bond acceptors (Lipinski definition) is 1. The largest absolute Gasteiger partial charge is 0.355 e. The summed E-state index contributed by atoms with van der Waals surface area (Å²) in [5.41, 5.74) is 2.11. The van der Waals surface area contributed by atoms with E-state index in [0.717, 1.165) is 23.4 Å². The van der Waals surface area contributed by atoms with Crippen molar-refractivity contribution < 1.29 is 8.78 Å². The van der Waals surface area contributed by atoms with Crippen LogP contribution in [0.4, 0.5) is 20.2 Å². The number of benzene rings is 2. The lowest BCUT2D eigenvalue weighted by Gasteiger charge is -2.10. The summed E-state index contributed by atoms with van der Waals surface area (Å²) in [7, 11) is 0. The van der Waals surface area contributed by atoms with Gasteiger partial charge in [0.05, 0.1) is 0 Å². The van der Waals surface area contributed by atoms with Gasteiger partial charge in [0.1, 0.15) is 0 Å². The Kier molecular flexibility index (Phi) is 3.29. The van der Waals surface area contributed by atoms with Crippen LogP contribution in [-0.4, -0.2) is 0 Å². The lowest BCUT2D eigenvalue weighted by molar-refractivity contribution is 0.509. The van der Waals surface area contributed by atoms with Crippen LogP contribution in [0.1, 0.15) is 5.56 Å². The summed E-state index contributed by atoms with van der Waals surface area (Å²) >= 11 is 5.96. The Morgan fingerprint density at radius 1 is 1.06 bits per heavy atom. The van der Waals surface area contributed by atoms with Crippen LogP contribution < -0.4 is 5.32 Å². The maximum atomic E-state index is 13.0.